The molecule has 0 aliphatic heterocycles. The van der Waals surface area contributed by atoms with Crippen LogP contribution in [0.4, 0.5) is 0 Å². The molecule has 0 saturated carbocycles. The van der Waals surface area contributed by atoms with E-state index >= 15 is 0 Å². The Bertz CT molecular complexity index is 296. The number of carbonyl (C=O) groups excluding carboxylic acids is 1. The summed E-state index contributed by atoms with van der Waals surface area (Å²) in [5, 5.41) is 9.56. The number of hydrogen-bond donors (Lipinski definition) is 1. The molecule has 0 saturated heterocycles. The lowest BCUT2D eigenvalue weighted by Gasteiger charge is -2.50. The Balaban J connectivity index is 4.57. The van der Waals surface area contributed by atoms with Gasteiger partial charge >= 0.3 is 5.97 Å². The number of ether oxygens (including phenoxy) is 1. The molecular weight excluding hydrogens is 268 g/mol. The molecule has 21 heavy (non-hydrogen) atoms. The molecule has 0 bridgehead atoms. The van der Waals surface area contributed by atoms with E-state index in [9.17, 15) is 10.1 Å². The van der Waals surface area contributed by atoms with E-state index in [0.29, 0.717) is 25.9 Å². The van der Waals surface area contributed by atoms with Gasteiger partial charge in [0.1, 0.15) is 5.60 Å². The minimum Gasteiger partial charge on any atom is -0.466 e. The highest BCUT2D eigenvalue weighted by Crippen LogP contribution is 2.49. The molecule has 4 heteroatoms. The topological polar surface area (TPSA) is 55.8 Å². The number of rotatable bonds is 8. The first-order valence-corrected chi connectivity index (χ1v) is 8.00. The summed E-state index contributed by atoms with van der Waals surface area (Å²) in [6.45, 7) is 14.8. The number of esters is 1. The van der Waals surface area contributed by atoms with Crippen LogP contribution in [-0.2, 0) is 14.4 Å². The first-order valence-electron chi connectivity index (χ1n) is 8.00. The SMILES string of the molecule is CCCCC(=O)OCCCC(OO)(C(C)(C)C)C(C)(C)C. The van der Waals surface area contributed by atoms with Crippen molar-refractivity contribution >= 4 is 5.97 Å². The fourth-order valence-electron chi connectivity index (χ4n) is 3.09. The van der Waals surface area contributed by atoms with Gasteiger partial charge in [-0.1, -0.05) is 54.9 Å². The van der Waals surface area contributed by atoms with E-state index in [2.05, 4.69) is 41.5 Å². The first-order chi connectivity index (χ1) is 9.52. The highest BCUT2D eigenvalue weighted by atomic mass is 17.1. The van der Waals surface area contributed by atoms with Gasteiger partial charge in [-0.25, -0.2) is 4.89 Å². The van der Waals surface area contributed by atoms with Crippen molar-refractivity contribution in [2.24, 2.45) is 10.8 Å². The molecule has 126 valence electrons. The molecule has 0 aromatic carbocycles. The third-order valence-corrected chi connectivity index (χ3v) is 4.25. The lowest BCUT2D eigenvalue weighted by molar-refractivity contribution is -0.379. The predicted molar refractivity (Wildman–Crippen MR) is 85.1 cm³/mol. The van der Waals surface area contributed by atoms with Gasteiger partial charge in [0.25, 0.3) is 0 Å². The quantitative estimate of drug-likeness (QED) is 0.302. The van der Waals surface area contributed by atoms with E-state index in [1.807, 2.05) is 6.92 Å². The van der Waals surface area contributed by atoms with Gasteiger partial charge in [0.05, 0.1) is 6.61 Å². The third kappa shape index (κ3) is 5.59. The van der Waals surface area contributed by atoms with Gasteiger partial charge in [0, 0.05) is 6.42 Å². The van der Waals surface area contributed by atoms with E-state index in [4.69, 9.17) is 9.62 Å². The second-order valence-electron chi connectivity index (χ2n) is 7.85. The van der Waals surface area contributed by atoms with Crippen molar-refractivity contribution in [1.29, 1.82) is 0 Å². The summed E-state index contributed by atoms with van der Waals surface area (Å²) in [4.78, 5) is 16.5. The van der Waals surface area contributed by atoms with E-state index < -0.39 is 5.60 Å². The Kier molecular flexibility index (Phi) is 7.90. The fourth-order valence-corrected chi connectivity index (χ4v) is 3.09. The van der Waals surface area contributed by atoms with Crippen molar-refractivity contribution in [2.45, 2.75) is 86.2 Å². The summed E-state index contributed by atoms with van der Waals surface area (Å²) in [5.41, 5.74) is -1.14. The number of hydrogen-bond acceptors (Lipinski definition) is 4. The second-order valence-corrected chi connectivity index (χ2v) is 7.85. The predicted octanol–water partition coefficient (Wildman–Crippen LogP) is 4.82. The molecule has 0 aliphatic carbocycles. The second kappa shape index (κ2) is 8.14. The normalized spacial score (nSPS) is 13.3. The van der Waals surface area contributed by atoms with Gasteiger partial charge in [-0.05, 0) is 30.1 Å². The van der Waals surface area contributed by atoms with Crippen molar-refractivity contribution in [1.82, 2.24) is 0 Å². The zero-order valence-electron chi connectivity index (χ0n) is 14.9. The van der Waals surface area contributed by atoms with Crippen LogP contribution < -0.4 is 0 Å². The maximum Gasteiger partial charge on any atom is 0.305 e. The Morgan fingerprint density at radius 3 is 1.90 bits per heavy atom. The zero-order valence-corrected chi connectivity index (χ0v) is 14.9. The van der Waals surface area contributed by atoms with Crippen molar-refractivity contribution in [3.05, 3.63) is 0 Å². The first kappa shape index (κ1) is 20.4. The molecule has 0 atom stereocenters. The molecule has 0 heterocycles. The average molecular weight is 302 g/mol. The van der Waals surface area contributed by atoms with Crippen molar-refractivity contribution in [3.8, 4) is 0 Å². The van der Waals surface area contributed by atoms with Crippen molar-refractivity contribution < 1.29 is 19.7 Å². The van der Waals surface area contributed by atoms with Gasteiger partial charge in [-0.15, -0.1) is 0 Å². The van der Waals surface area contributed by atoms with Gasteiger partial charge in [0.15, 0.2) is 0 Å². The van der Waals surface area contributed by atoms with Gasteiger partial charge in [-0.3, -0.25) is 10.1 Å². The van der Waals surface area contributed by atoms with Crippen LogP contribution in [0, 0.1) is 10.8 Å². The maximum absolute atomic E-state index is 11.5. The Labute approximate surface area is 130 Å². The highest BCUT2D eigenvalue weighted by Gasteiger charge is 2.52. The monoisotopic (exact) mass is 302 g/mol. The minimum atomic E-state index is -0.685. The van der Waals surface area contributed by atoms with Crippen LogP contribution in [0.5, 0.6) is 0 Å². The Morgan fingerprint density at radius 2 is 1.52 bits per heavy atom. The summed E-state index contributed by atoms with van der Waals surface area (Å²) in [6, 6.07) is 0. The largest absolute Gasteiger partial charge is 0.466 e. The molecule has 0 aromatic heterocycles. The standard InChI is InChI=1S/C17H34O4/c1-8-9-11-14(18)20-13-10-12-17(21-19,15(2,3)4)16(5,6)7/h19H,8-13H2,1-7H3. The van der Waals surface area contributed by atoms with Crippen LogP contribution in [-0.4, -0.2) is 23.4 Å². The molecular formula is C17H34O4. The number of unbranched alkanes of at least 4 members (excludes halogenated alkanes) is 1. The maximum atomic E-state index is 11.5. The smallest absolute Gasteiger partial charge is 0.305 e. The summed E-state index contributed by atoms with van der Waals surface area (Å²) in [7, 11) is 0. The highest BCUT2D eigenvalue weighted by molar-refractivity contribution is 5.69. The van der Waals surface area contributed by atoms with E-state index in [0.717, 1.165) is 12.8 Å². The van der Waals surface area contributed by atoms with Crippen molar-refractivity contribution in [3.63, 3.8) is 0 Å². The van der Waals surface area contributed by atoms with Gasteiger partial charge in [-0.2, -0.15) is 0 Å². The Morgan fingerprint density at radius 1 is 1.00 bits per heavy atom. The molecule has 1 N–H and O–H groups in total. The molecule has 0 aromatic rings. The molecule has 0 rings (SSSR count). The van der Waals surface area contributed by atoms with E-state index in [-0.39, 0.29) is 16.8 Å². The van der Waals surface area contributed by atoms with E-state index in [1.165, 1.54) is 0 Å². The molecule has 0 aliphatic rings. The lowest BCUT2D eigenvalue weighted by atomic mass is 9.60. The van der Waals surface area contributed by atoms with Crippen LogP contribution in [0.3, 0.4) is 0 Å². The molecule has 4 nitrogen and oxygen atoms in total. The van der Waals surface area contributed by atoms with Crippen molar-refractivity contribution in [2.75, 3.05) is 6.61 Å². The van der Waals surface area contributed by atoms with Gasteiger partial charge < -0.3 is 4.74 Å². The third-order valence-electron chi connectivity index (χ3n) is 4.25. The average Bonchev–Trinajstić information content (AvgIpc) is 2.33. The van der Waals surface area contributed by atoms with Crippen LogP contribution >= 0.6 is 0 Å². The van der Waals surface area contributed by atoms with Crippen LogP contribution in [0.15, 0.2) is 0 Å². The summed E-state index contributed by atoms with van der Waals surface area (Å²) >= 11 is 0. The lowest BCUT2D eigenvalue weighted by Crippen LogP contribution is -2.54. The zero-order chi connectivity index (χ0) is 16.7. The molecule has 0 fully saturated rings. The summed E-state index contributed by atoms with van der Waals surface area (Å²) in [6.07, 6.45) is 3.65. The molecule has 0 radical (unpaired) electrons. The summed E-state index contributed by atoms with van der Waals surface area (Å²) < 4.78 is 5.23. The fraction of sp³-hybridized carbons (Fsp3) is 0.941. The molecule has 0 unspecified atom stereocenters. The number of carbonyl (C=O) groups is 1. The van der Waals surface area contributed by atoms with Gasteiger partial charge in [0.2, 0.25) is 0 Å². The summed E-state index contributed by atoms with van der Waals surface area (Å²) in [5.74, 6) is -0.140. The Hall–Kier alpha value is -0.610. The molecule has 0 amide bonds. The minimum absolute atomic E-state index is 0.140. The molecule has 0 spiro atoms. The van der Waals surface area contributed by atoms with Crippen LogP contribution in [0.1, 0.15) is 80.6 Å². The van der Waals surface area contributed by atoms with Crippen LogP contribution in [0.25, 0.3) is 0 Å². The van der Waals surface area contributed by atoms with Crippen LogP contribution in [0.2, 0.25) is 0 Å². The van der Waals surface area contributed by atoms with E-state index in [1.54, 1.807) is 0 Å².